The Kier molecular flexibility index (Phi) is 4.74. The summed E-state index contributed by atoms with van der Waals surface area (Å²) in [5.74, 6) is -0.407. The lowest BCUT2D eigenvalue weighted by Gasteiger charge is -2.03. The molecule has 0 aliphatic carbocycles. The van der Waals surface area contributed by atoms with Crippen LogP contribution in [0.2, 0.25) is 0 Å². The molecule has 2 heterocycles. The van der Waals surface area contributed by atoms with Gasteiger partial charge in [0, 0.05) is 18.9 Å². The quantitative estimate of drug-likeness (QED) is 0.709. The lowest BCUT2D eigenvalue weighted by atomic mass is 10.3. The molecule has 0 radical (unpaired) electrons. The average molecular weight is 263 g/mol. The lowest BCUT2D eigenvalue weighted by Crippen LogP contribution is -2.14. The Balaban J connectivity index is 1.57. The Morgan fingerprint density at radius 3 is 3.00 bits per heavy atom. The van der Waals surface area contributed by atoms with E-state index in [4.69, 9.17) is 9.52 Å². The maximum absolute atomic E-state index is 10.6. The number of imidazole rings is 1. The number of carbonyl (C=O) groups is 1. The molecule has 2 rings (SSSR count). The first-order chi connectivity index (χ1) is 9.25. The molecular weight excluding hydrogens is 246 g/mol. The number of carboxylic acids is 1. The second-order valence-electron chi connectivity index (χ2n) is 4.26. The van der Waals surface area contributed by atoms with Crippen molar-refractivity contribution in [1.29, 1.82) is 0 Å². The highest BCUT2D eigenvalue weighted by molar-refractivity contribution is 5.84. The SMILES string of the molecule is O=C(O)c1ccc(CNCCCCn2ccnc2)o1. The van der Waals surface area contributed by atoms with E-state index in [9.17, 15) is 4.79 Å². The summed E-state index contributed by atoms with van der Waals surface area (Å²) in [5, 5.41) is 11.9. The van der Waals surface area contributed by atoms with Crippen molar-refractivity contribution >= 4 is 5.97 Å². The van der Waals surface area contributed by atoms with E-state index in [1.54, 1.807) is 12.3 Å². The van der Waals surface area contributed by atoms with Crippen molar-refractivity contribution < 1.29 is 14.3 Å². The number of unbranched alkanes of at least 4 members (excludes halogenated alkanes) is 1. The Morgan fingerprint density at radius 1 is 1.42 bits per heavy atom. The third-order valence-electron chi connectivity index (χ3n) is 2.75. The van der Waals surface area contributed by atoms with Crippen molar-refractivity contribution in [2.75, 3.05) is 6.54 Å². The molecule has 0 saturated heterocycles. The van der Waals surface area contributed by atoms with Gasteiger partial charge in [0.1, 0.15) is 5.76 Å². The van der Waals surface area contributed by atoms with E-state index >= 15 is 0 Å². The van der Waals surface area contributed by atoms with Crippen molar-refractivity contribution in [3.63, 3.8) is 0 Å². The van der Waals surface area contributed by atoms with Gasteiger partial charge in [-0.15, -0.1) is 0 Å². The summed E-state index contributed by atoms with van der Waals surface area (Å²) in [6.45, 7) is 2.39. The minimum atomic E-state index is -1.04. The molecule has 102 valence electrons. The largest absolute Gasteiger partial charge is 0.475 e. The Bertz CT molecular complexity index is 505. The van der Waals surface area contributed by atoms with Crippen LogP contribution in [-0.4, -0.2) is 27.2 Å². The normalized spacial score (nSPS) is 10.7. The molecule has 0 unspecified atom stereocenters. The second kappa shape index (κ2) is 6.75. The molecule has 0 aliphatic heterocycles. The van der Waals surface area contributed by atoms with E-state index in [1.165, 1.54) is 6.07 Å². The minimum Gasteiger partial charge on any atom is -0.475 e. The first-order valence-corrected chi connectivity index (χ1v) is 6.24. The van der Waals surface area contributed by atoms with Crippen molar-refractivity contribution in [1.82, 2.24) is 14.9 Å². The van der Waals surface area contributed by atoms with Gasteiger partial charge in [-0.2, -0.15) is 0 Å². The van der Waals surface area contributed by atoms with Crippen LogP contribution in [-0.2, 0) is 13.1 Å². The fourth-order valence-corrected chi connectivity index (χ4v) is 1.76. The highest BCUT2D eigenvalue weighted by atomic mass is 16.4. The van der Waals surface area contributed by atoms with Crippen LogP contribution in [0.3, 0.4) is 0 Å². The summed E-state index contributed by atoms with van der Waals surface area (Å²) >= 11 is 0. The van der Waals surface area contributed by atoms with Gasteiger partial charge in [0.25, 0.3) is 0 Å². The summed E-state index contributed by atoms with van der Waals surface area (Å²) in [7, 11) is 0. The van der Waals surface area contributed by atoms with E-state index in [1.807, 2.05) is 17.1 Å². The first-order valence-electron chi connectivity index (χ1n) is 6.24. The van der Waals surface area contributed by atoms with Crippen LogP contribution in [0.25, 0.3) is 0 Å². The molecule has 2 N–H and O–H groups in total. The smallest absolute Gasteiger partial charge is 0.371 e. The van der Waals surface area contributed by atoms with Crippen LogP contribution in [0.15, 0.2) is 35.3 Å². The van der Waals surface area contributed by atoms with Crippen LogP contribution in [0.4, 0.5) is 0 Å². The average Bonchev–Trinajstić information content (AvgIpc) is 3.04. The van der Waals surface area contributed by atoms with Gasteiger partial charge in [-0.25, -0.2) is 9.78 Å². The molecule has 2 aromatic rings. The second-order valence-corrected chi connectivity index (χ2v) is 4.26. The molecule has 0 aliphatic rings. The maximum Gasteiger partial charge on any atom is 0.371 e. The monoisotopic (exact) mass is 263 g/mol. The van der Waals surface area contributed by atoms with E-state index in [0.717, 1.165) is 25.9 Å². The summed E-state index contributed by atoms with van der Waals surface area (Å²) in [6.07, 6.45) is 7.65. The number of nitrogens with one attached hydrogen (secondary N) is 1. The van der Waals surface area contributed by atoms with Crippen molar-refractivity contribution in [3.05, 3.63) is 42.4 Å². The van der Waals surface area contributed by atoms with Gasteiger partial charge in [0.2, 0.25) is 5.76 Å². The van der Waals surface area contributed by atoms with Gasteiger partial charge < -0.3 is 19.4 Å². The molecule has 6 nitrogen and oxygen atoms in total. The molecule has 0 aromatic carbocycles. The number of aromatic nitrogens is 2. The molecule has 2 aromatic heterocycles. The molecule has 0 saturated carbocycles. The molecule has 0 atom stereocenters. The predicted molar refractivity (Wildman–Crippen MR) is 68.8 cm³/mol. The summed E-state index contributed by atoms with van der Waals surface area (Å²) in [4.78, 5) is 14.6. The van der Waals surface area contributed by atoms with Crippen molar-refractivity contribution in [2.24, 2.45) is 0 Å². The number of hydrogen-bond acceptors (Lipinski definition) is 4. The highest BCUT2D eigenvalue weighted by Crippen LogP contribution is 2.07. The molecule has 0 amide bonds. The van der Waals surface area contributed by atoms with Gasteiger partial charge in [0.05, 0.1) is 12.9 Å². The first kappa shape index (κ1) is 13.4. The Labute approximate surface area is 111 Å². The number of aromatic carboxylic acids is 1. The Hall–Kier alpha value is -2.08. The molecule has 0 fully saturated rings. The Morgan fingerprint density at radius 2 is 2.32 bits per heavy atom. The van der Waals surface area contributed by atoms with Gasteiger partial charge in [-0.1, -0.05) is 0 Å². The number of furan rings is 1. The third kappa shape index (κ3) is 4.26. The summed E-state index contributed by atoms with van der Waals surface area (Å²) < 4.78 is 7.18. The van der Waals surface area contributed by atoms with Crippen LogP contribution >= 0.6 is 0 Å². The van der Waals surface area contributed by atoms with Crippen LogP contribution in [0, 0.1) is 0 Å². The topological polar surface area (TPSA) is 80.3 Å². The third-order valence-corrected chi connectivity index (χ3v) is 2.75. The lowest BCUT2D eigenvalue weighted by molar-refractivity contribution is 0.0660. The number of carboxylic acid groups (broad SMARTS) is 1. The minimum absolute atomic E-state index is 0.0168. The zero-order chi connectivity index (χ0) is 13.5. The summed E-state index contributed by atoms with van der Waals surface area (Å²) in [5.41, 5.74) is 0. The van der Waals surface area contributed by atoms with Crippen LogP contribution in [0.1, 0.15) is 29.2 Å². The van der Waals surface area contributed by atoms with Gasteiger partial charge >= 0.3 is 5.97 Å². The molecule has 19 heavy (non-hydrogen) atoms. The number of hydrogen-bond donors (Lipinski definition) is 2. The number of nitrogens with zero attached hydrogens (tertiary/aromatic N) is 2. The summed E-state index contributed by atoms with van der Waals surface area (Å²) in [6, 6.07) is 3.15. The van der Waals surface area contributed by atoms with E-state index in [0.29, 0.717) is 12.3 Å². The van der Waals surface area contributed by atoms with Gasteiger partial charge in [-0.3, -0.25) is 0 Å². The standard InChI is InChI=1S/C13H17N3O3/c17-13(18)12-4-3-11(19-12)9-14-5-1-2-7-16-8-6-15-10-16/h3-4,6,8,10,14H,1-2,5,7,9H2,(H,17,18). The number of rotatable bonds is 8. The molecular formula is C13H17N3O3. The maximum atomic E-state index is 10.6. The predicted octanol–water partition coefficient (Wildman–Crippen LogP) is 1.74. The van der Waals surface area contributed by atoms with E-state index < -0.39 is 5.97 Å². The van der Waals surface area contributed by atoms with Crippen LogP contribution < -0.4 is 5.32 Å². The van der Waals surface area contributed by atoms with Crippen molar-refractivity contribution in [2.45, 2.75) is 25.9 Å². The van der Waals surface area contributed by atoms with Crippen molar-refractivity contribution in [3.8, 4) is 0 Å². The zero-order valence-electron chi connectivity index (χ0n) is 10.6. The zero-order valence-corrected chi connectivity index (χ0v) is 10.6. The highest BCUT2D eigenvalue weighted by Gasteiger charge is 2.07. The van der Waals surface area contributed by atoms with Crippen LogP contribution in [0.5, 0.6) is 0 Å². The molecule has 0 spiro atoms. The van der Waals surface area contributed by atoms with Gasteiger partial charge in [-0.05, 0) is 31.5 Å². The van der Waals surface area contributed by atoms with E-state index in [2.05, 4.69) is 10.3 Å². The fraction of sp³-hybridized carbons (Fsp3) is 0.385. The molecule has 6 heteroatoms. The van der Waals surface area contributed by atoms with E-state index in [-0.39, 0.29) is 5.76 Å². The number of aryl methyl sites for hydroxylation is 1. The molecule has 0 bridgehead atoms. The fourth-order valence-electron chi connectivity index (χ4n) is 1.76. The van der Waals surface area contributed by atoms with Gasteiger partial charge in [0.15, 0.2) is 0 Å².